The molecule has 0 aromatic heterocycles. The number of benzene rings is 2. The van der Waals surface area contributed by atoms with Gasteiger partial charge >= 0.3 is 6.03 Å². The Balaban J connectivity index is 2.18. The molecule has 0 aliphatic heterocycles. The van der Waals surface area contributed by atoms with Crippen LogP contribution in [0.2, 0.25) is 0 Å². The normalized spacial score (nSPS) is 9.90. The summed E-state index contributed by atoms with van der Waals surface area (Å²) in [6.07, 6.45) is 0.784. The Kier molecular flexibility index (Phi) is 4.15. The summed E-state index contributed by atoms with van der Waals surface area (Å²) < 4.78 is 0. The number of nitrogens with one attached hydrogen (secondary N) is 1. The highest BCUT2D eigenvalue weighted by molar-refractivity contribution is 6.02. The minimum atomic E-state index is -0.248. The minimum absolute atomic E-state index is 0.248. The smallest absolute Gasteiger partial charge is 0.307 e. The van der Waals surface area contributed by atoms with E-state index < -0.39 is 0 Å². The van der Waals surface area contributed by atoms with Crippen molar-refractivity contribution >= 4 is 23.7 Å². The van der Waals surface area contributed by atoms with Crippen LogP contribution in [0, 0.1) is 6.92 Å². The van der Waals surface area contributed by atoms with E-state index in [4.69, 9.17) is 0 Å². The first-order valence-electron chi connectivity index (χ1n) is 6.28. The molecule has 4 heteroatoms. The molecule has 2 aromatic carbocycles. The number of carbonyl (C=O) groups is 2. The molecule has 0 spiro atoms. The Bertz CT molecular complexity index is 624. The Morgan fingerprint density at radius 1 is 1.10 bits per heavy atom. The van der Waals surface area contributed by atoms with Crippen molar-refractivity contribution in [1.29, 1.82) is 0 Å². The number of anilines is 2. The third kappa shape index (κ3) is 2.85. The van der Waals surface area contributed by atoms with E-state index in [1.54, 1.807) is 25.2 Å². The Morgan fingerprint density at radius 2 is 1.80 bits per heavy atom. The van der Waals surface area contributed by atoms with Crippen LogP contribution in [-0.2, 0) is 0 Å². The lowest BCUT2D eigenvalue weighted by Gasteiger charge is -2.19. The van der Waals surface area contributed by atoms with Crippen molar-refractivity contribution in [3.8, 4) is 0 Å². The van der Waals surface area contributed by atoms with Gasteiger partial charge in [-0.05, 0) is 30.7 Å². The van der Waals surface area contributed by atoms with Crippen molar-refractivity contribution in [2.45, 2.75) is 6.92 Å². The van der Waals surface area contributed by atoms with Gasteiger partial charge in [0.15, 0.2) is 0 Å². The first-order valence-corrected chi connectivity index (χ1v) is 6.28. The highest BCUT2D eigenvalue weighted by Gasteiger charge is 2.12. The molecule has 0 aliphatic rings. The van der Waals surface area contributed by atoms with Gasteiger partial charge in [-0.25, -0.2) is 4.79 Å². The van der Waals surface area contributed by atoms with E-state index in [9.17, 15) is 9.59 Å². The lowest BCUT2D eigenvalue weighted by Crippen LogP contribution is -2.31. The second kappa shape index (κ2) is 6.02. The average Bonchev–Trinajstić information content (AvgIpc) is 2.49. The van der Waals surface area contributed by atoms with Gasteiger partial charge in [0.2, 0.25) is 0 Å². The van der Waals surface area contributed by atoms with E-state index in [1.165, 1.54) is 4.90 Å². The topological polar surface area (TPSA) is 49.4 Å². The van der Waals surface area contributed by atoms with Crippen molar-refractivity contribution in [2.75, 3.05) is 17.3 Å². The van der Waals surface area contributed by atoms with Gasteiger partial charge in [0, 0.05) is 24.0 Å². The third-order valence-electron chi connectivity index (χ3n) is 3.19. The predicted octanol–water partition coefficient (Wildman–Crippen LogP) is 3.48. The Hall–Kier alpha value is -2.62. The van der Waals surface area contributed by atoms with Gasteiger partial charge in [-0.2, -0.15) is 0 Å². The number of hydrogen-bond donors (Lipinski definition) is 1. The monoisotopic (exact) mass is 268 g/mol. The van der Waals surface area contributed by atoms with Crippen molar-refractivity contribution in [2.24, 2.45) is 0 Å². The maximum absolute atomic E-state index is 12.2. The van der Waals surface area contributed by atoms with Crippen LogP contribution in [0.4, 0.5) is 16.2 Å². The molecule has 1 N–H and O–H groups in total. The molecule has 0 fully saturated rings. The summed E-state index contributed by atoms with van der Waals surface area (Å²) in [4.78, 5) is 24.6. The van der Waals surface area contributed by atoms with Gasteiger partial charge in [-0.15, -0.1) is 0 Å². The number of rotatable bonds is 3. The van der Waals surface area contributed by atoms with Gasteiger partial charge < -0.3 is 5.32 Å². The summed E-state index contributed by atoms with van der Waals surface area (Å²) >= 11 is 0. The SMILES string of the molecule is Cc1c(C=O)cccc1NC(=O)N(C)c1ccccc1. The predicted molar refractivity (Wildman–Crippen MR) is 80.4 cm³/mol. The number of aldehydes is 1. The van der Waals surface area contributed by atoms with Gasteiger partial charge in [0.25, 0.3) is 0 Å². The van der Waals surface area contributed by atoms with Crippen LogP contribution in [0.25, 0.3) is 0 Å². The molecule has 0 saturated carbocycles. The van der Waals surface area contributed by atoms with Crippen LogP contribution < -0.4 is 10.2 Å². The summed E-state index contributed by atoms with van der Waals surface area (Å²) in [5.74, 6) is 0. The summed E-state index contributed by atoms with van der Waals surface area (Å²) in [5, 5.41) is 2.81. The third-order valence-corrected chi connectivity index (χ3v) is 3.19. The lowest BCUT2D eigenvalue weighted by molar-refractivity contribution is 0.112. The quantitative estimate of drug-likeness (QED) is 0.866. The fourth-order valence-electron chi connectivity index (χ4n) is 1.88. The van der Waals surface area contributed by atoms with Crippen LogP contribution in [-0.4, -0.2) is 19.4 Å². The number of amides is 2. The van der Waals surface area contributed by atoms with Crippen molar-refractivity contribution in [1.82, 2.24) is 0 Å². The number of para-hydroxylation sites is 1. The zero-order valence-electron chi connectivity index (χ0n) is 11.5. The van der Waals surface area contributed by atoms with Crippen LogP contribution >= 0.6 is 0 Å². The first kappa shape index (κ1) is 13.8. The molecule has 20 heavy (non-hydrogen) atoms. The lowest BCUT2D eigenvalue weighted by atomic mass is 10.1. The van der Waals surface area contributed by atoms with Gasteiger partial charge in [-0.1, -0.05) is 30.3 Å². The molecule has 0 unspecified atom stereocenters. The zero-order chi connectivity index (χ0) is 14.5. The second-order valence-corrected chi connectivity index (χ2v) is 4.46. The molecule has 0 heterocycles. The van der Waals surface area contributed by atoms with Crippen LogP contribution in [0.3, 0.4) is 0 Å². The summed E-state index contributed by atoms with van der Waals surface area (Å²) in [5.41, 5.74) is 2.78. The summed E-state index contributed by atoms with van der Waals surface area (Å²) in [6, 6.07) is 14.3. The second-order valence-electron chi connectivity index (χ2n) is 4.46. The number of urea groups is 1. The van der Waals surface area contributed by atoms with Crippen LogP contribution in [0.5, 0.6) is 0 Å². The molecule has 0 saturated heterocycles. The molecule has 2 aromatic rings. The molecule has 4 nitrogen and oxygen atoms in total. The number of nitrogens with zero attached hydrogens (tertiary/aromatic N) is 1. The maximum atomic E-state index is 12.2. The maximum Gasteiger partial charge on any atom is 0.326 e. The van der Waals surface area contributed by atoms with Gasteiger partial charge in [-0.3, -0.25) is 9.69 Å². The van der Waals surface area contributed by atoms with Gasteiger partial charge in [0.05, 0.1) is 0 Å². The number of hydrogen-bond acceptors (Lipinski definition) is 2. The molecule has 2 rings (SSSR count). The van der Waals surface area contributed by atoms with Crippen molar-refractivity contribution in [3.05, 3.63) is 59.7 Å². The highest BCUT2D eigenvalue weighted by atomic mass is 16.2. The largest absolute Gasteiger partial charge is 0.326 e. The van der Waals surface area contributed by atoms with E-state index in [-0.39, 0.29) is 6.03 Å². The molecular formula is C16H16N2O2. The highest BCUT2D eigenvalue weighted by Crippen LogP contribution is 2.19. The van der Waals surface area contributed by atoms with E-state index in [2.05, 4.69) is 5.32 Å². The van der Waals surface area contributed by atoms with Crippen LogP contribution in [0.15, 0.2) is 48.5 Å². The van der Waals surface area contributed by atoms with Crippen molar-refractivity contribution in [3.63, 3.8) is 0 Å². The molecule has 2 amide bonds. The molecule has 0 atom stereocenters. The molecular weight excluding hydrogens is 252 g/mol. The fourth-order valence-corrected chi connectivity index (χ4v) is 1.88. The summed E-state index contributed by atoms with van der Waals surface area (Å²) in [7, 11) is 1.70. The zero-order valence-corrected chi connectivity index (χ0v) is 11.5. The minimum Gasteiger partial charge on any atom is -0.307 e. The Morgan fingerprint density at radius 3 is 2.45 bits per heavy atom. The van der Waals surface area contributed by atoms with Crippen molar-refractivity contribution < 1.29 is 9.59 Å². The molecule has 0 aliphatic carbocycles. The fraction of sp³-hybridized carbons (Fsp3) is 0.125. The first-order chi connectivity index (χ1) is 9.63. The van der Waals surface area contributed by atoms with Gasteiger partial charge in [0.1, 0.15) is 6.29 Å². The molecule has 0 bridgehead atoms. The average molecular weight is 268 g/mol. The molecule has 0 radical (unpaired) electrons. The number of carbonyl (C=O) groups excluding carboxylic acids is 2. The van der Waals surface area contributed by atoms with E-state index >= 15 is 0 Å². The van der Waals surface area contributed by atoms with E-state index in [0.717, 1.165) is 17.5 Å². The standard InChI is InChI=1S/C16H16N2O2/c1-12-13(11-19)7-6-10-15(12)17-16(20)18(2)14-8-4-3-5-9-14/h3-11H,1-2H3,(H,17,20). The molecule has 102 valence electrons. The van der Waals surface area contributed by atoms with E-state index in [0.29, 0.717) is 11.3 Å². The summed E-state index contributed by atoms with van der Waals surface area (Å²) in [6.45, 7) is 1.81. The van der Waals surface area contributed by atoms with Crippen LogP contribution in [0.1, 0.15) is 15.9 Å². The van der Waals surface area contributed by atoms with E-state index in [1.807, 2.05) is 37.3 Å². The Labute approximate surface area is 118 Å².